The second-order valence-corrected chi connectivity index (χ2v) is 24.3. The Kier molecular flexibility index (Phi) is 19.7. The highest BCUT2D eigenvalue weighted by Crippen LogP contribution is 2.38. The van der Waals surface area contributed by atoms with E-state index in [1.54, 1.807) is 31.4 Å². The van der Waals surface area contributed by atoms with E-state index in [9.17, 15) is 14.4 Å². The lowest BCUT2D eigenvalue weighted by Crippen LogP contribution is -2.43. The van der Waals surface area contributed by atoms with Crippen LogP contribution in [0.4, 0.5) is 9.18 Å². The maximum absolute atomic E-state index is 15.3. The normalized spacial score (nSPS) is 12.0. The molecule has 0 aromatic heterocycles. The van der Waals surface area contributed by atoms with Gasteiger partial charge >= 0.3 is 6.09 Å². The maximum Gasteiger partial charge on any atom is 0.407 e. The molecule has 2 heterocycles. The van der Waals surface area contributed by atoms with Crippen LogP contribution in [0, 0.1) is 5.82 Å². The molecule has 0 fully saturated rings. The number of alkyl carbamates (subject to hydrolysis) is 1. The van der Waals surface area contributed by atoms with Crippen LogP contribution in [0.25, 0.3) is 16.9 Å². The van der Waals surface area contributed by atoms with Gasteiger partial charge in [-0.05, 0) is 111 Å². The van der Waals surface area contributed by atoms with Gasteiger partial charge in [0.05, 0.1) is 44.4 Å². The minimum atomic E-state index is -2.00. The van der Waals surface area contributed by atoms with Gasteiger partial charge in [0.2, 0.25) is 14.2 Å². The van der Waals surface area contributed by atoms with Gasteiger partial charge in [-0.25, -0.2) is 9.18 Å². The molecule has 0 radical (unpaired) electrons. The Morgan fingerprint density at radius 2 is 1.42 bits per heavy atom. The van der Waals surface area contributed by atoms with Gasteiger partial charge in [0, 0.05) is 49.8 Å². The number of aromatic amines is 1. The number of ether oxygens (including phenoxy) is 4. The molecule has 67 heavy (non-hydrogen) atoms. The molecule has 364 valence electrons. The molecule has 2 amide bonds. The van der Waals surface area contributed by atoms with Gasteiger partial charge in [0.25, 0.3) is 5.56 Å². The number of unbranched alkanes of at least 4 members (excludes halogenated alkanes) is 5. The van der Waals surface area contributed by atoms with Crippen LogP contribution in [-0.4, -0.2) is 81.6 Å². The first-order valence-corrected chi connectivity index (χ1v) is 26.7. The number of hydrogen-bond donors (Lipinski definition) is 3. The van der Waals surface area contributed by atoms with Crippen molar-refractivity contribution in [2.45, 2.75) is 123 Å². The zero-order valence-electron chi connectivity index (χ0n) is 41.0. The van der Waals surface area contributed by atoms with E-state index in [-0.39, 0.29) is 35.1 Å². The van der Waals surface area contributed by atoms with Crippen molar-refractivity contribution in [2.75, 3.05) is 46.1 Å². The number of fused-ring (bicyclic) bond motifs is 1. The molecular weight excluding hydrogens is 868 g/mol. The molecule has 0 unspecified atom stereocenters. The third-order valence-corrected chi connectivity index (χ3v) is 16.1. The van der Waals surface area contributed by atoms with Crippen molar-refractivity contribution in [1.29, 1.82) is 0 Å². The van der Waals surface area contributed by atoms with E-state index in [0.717, 1.165) is 72.5 Å². The van der Waals surface area contributed by atoms with E-state index in [4.69, 9.17) is 23.4 Å². The molecule has 2 aliphatic heterocycles. The van der Waals surface area contributed by atoms with Crippen LogP contribution in [0.1, 0.15) is 109 Å². The van der Waals surface area contributed by atoms with Crippen LogP contribution in [-0.2, 0) is 31.8 Å². The number of halogens is 1. The number of benzene rings is 3. The molecule has 0 bridgehead atoms. The van der Waals surface area contributed by atoms with Crippen molar-refractivity contribution in [2.24, 2.45) is 0 Å². The lowest BCUT2D eigenvalue weighted by Gasteiger charge is -2.36. The standard InChI is InChI=1S/C53H73FN4O8Si/c1-52(2,3)65-51(61)56-28-31-63-33-32-62-30-26-49(59)55-27-16-11-9-10-12-17-29-64-48-25-20-40(35-44(48)54)34-42-37-47-45(36-39-18-14-13-15-19-39)57-46(38-58(47)50(42)60)41-21-23-43(24-22-41)66-67(7,8)53(4,5)6/h13-15,18-25,35,37-38,57H,9-12,16-17,26-34,36H2,1-8H3,(H,55,59)(H,56,61). The summed E-state index contributed by atoms with van der Waals surface area (Å²) >= 11 is 0. The average Bonchev–Trinajstić information content (AvgIpc) is 3.57. The first-order chi connectivity index (χ1) is 31.9. The minimum Gasteiger partial charge on any atom is -0.544 e. The van der Waals surface area contributed by atoms with Crippen LogP contribution >= 0.6 is 0 Å². The number of carbonyl (C=O) groups excluding carboxylic acids is 2. The van der Waals surface area contributed by atoms with Crippen molar-refractivity contribution in [1.82, 2.24) is 20.2 Å². The summed E-state index contributed by atoms with van der Waals surface area (Å²) in [7, 11) is -2.00. The Morgan fingerprint density at radius 3 is 2.10 bits per heavy atom. The summed E-state index contributed by atoms with van der Waals surface area (Å²) in [6.07, 6.45) is 8.30. The predicted octanol–water partition coefficient (Wildman–Crippen LogP) is 10.8. The molecule has 0 aliphatic carbocycles. The Bertz CT molecular complexity index is 2330. The van der Waals surface area contributed by atoms with Crippen LogP contribution in [0.5, 0.6) is 11.5 Å². The first-order valence-electron chi connectivity index (χ1n) is 23.8. The number of rotatable bonds is 26. The van der Waals surface area contributed by atoms with Gasteiger partial charge < -0.3 is 39.0 Å². The monoisotopic (exact) mass is 941 g/mol. The van der Waals surface area contributed by atoms with E-state index in [1.807, 2.05) is 60.8 Å². The summed E-state index contributed by atoms with van der Waals surface area (Å²) in [6, 6.07) is 25.1. The summed E-state index contributed by atoms with van der Waals surface area (Å²) in [5.74, 6) is 0.558. The molecule has 2 aliphatic rings. The number of carbonyl (C=O) groups is 2. The Hall–Kier alpha value is -5.44. The molecule has 3 aromatic carbocycles. The van der Waals surface area contributed by atoms with E-state index in [1.165, 1.54) is 6.07 Å². The molecule has 12 nitrogen and oxygen atoms in total. The molecule has 0 atom stereocenters. The average molecular weight is 941 g/mol. The smallest absolute Gasteiger partial charge is 0.407 e. The van der Waals surface area contributed by atoms with Crippen molar-refractivity contribution < 1.29 is 37.4 Å². The molecule has 0 saturated carbocycles. The number of hydrogen-bond acceptors (Lipinski definition) is 8. The maximum atomic E-state index is 15.3. The van der Waals surface area contributed by atoms with Crippen LogP contribution < -0.4 is 25.4 Å². The number of H-pyrrole nitrogens is 1. The summed E-state index contributed by atoms with van der Waals surface area (Å²) in [5.41, 5.74) is 5.17. The lowest BCUT2D eigenvalue weighted by atomic mass is 10.1. The van der Waals surface area contributed by atoms with Crippen LogP contribution in [0.2, 0.25) is 18.1 Å². The topological polar surface area (TPSA) is 142 Å². The molecule has 0 spiro atoms. The SMILES string of the molecule is CC(C)(C)OC(=O)NCCOCCOCCC(=O)NCCCCCCCCOc1ccc(Cc2cc3c(Cc4ccccc4)[nH]c(-c4ccc(O[Si](C)(C)C(C)(C)C)cc4)cn-3c2=O)cc1F. The third-order valence-electron chi connectivity index (χ3n) is 11.8. The summed E-state index contributed by atoms with van der Waals surface area (Å²) in [5, 5.41) is 5.64. The van der Waals surface area contributed by atoms with Gasteiger partial charge in [-0.3, -0.25) is 14.2 Å². The number of nitrogens with one attached hydrogen (secondary N) is 3. The fourth-order valence-corrected chi connectivity index (χ4v) is 8.15. The molecule has 5 rings (SSSR count). The quantitative estimate of drug-likeness (QED) is 0.0368. The molecule has 0 saturated heterocycles. The zero-order chi connectivity index (χ0) is 48.5. The second-order valence-electron chi connectivity index (χ2n) is 19.6. The van der Waals surface area contributed by atoms with Gasteiger partial charge in [0.1, 0.15) is 11.4 Å². The van der Waals surface area contributed by atoms with Crippen molar-refractivity contribution >= 4 is 20.3 Å². The highest BCUT2D eigenvalue weighted by Gasteiger charge is 2.39. The highest BCUT2D eigenvalue weighted by atomic mass is 28.4. The number of nitrogens with zero attached hydrogens (tertiary/aromatic N) is 1. The fourth-order valence-electron chi connectivity index (χ4n) is 7.12. The molecule has 14 heteroatoms. The lowest BCUT2D eigenvalue weighted by molar-refractivity contribution is -0.122. The Labute approximate surface area is 397 Å². The van der Waals surface area contributed by atoms with E-state index < -0.39 is 25.8 Å². The van der Waals surface area contributed by atoms with Crippen molar-refractivity contribution in [3.05, 3.63) is 124 Å². The fraction of sp³-hybridized carbons (Fsp3) is 0.491. The summed E-state index contributed by atoms with van der Waals surface area (Å²) in [4.78, 5) is 41.3. The Balaban J connectivity index is 1.01. The van der Waals surface area contributed by atoms with E-state index in [0.29, 0.717) is 63.7 Å². The minimum absolute atomic E-state index is 0.0411. The first kappa shape index (κ1) is 52.5. The van der Waals surface area contributed by atoms with E-state index >= 15 is 4.39 Å². The number of aromatic nitrogens is 2. The van der Waals surface area contributed by atoms with E-state index in [2.05, 4.69) is 61.6 Å². The highest BCUT2D eigenvalue weighted by molar-refractivity contribution is 6.74. The third kappa shape index (κ3) is 17.3. The van der Waals surface area contributed by atoms with Crippen LogP contribution in [0.3, 0.4) is 0 Å². The van der Waals surface area contributed by atoms with Gasteiger partial charge in [-0.1, -0.05) is 82.9 Å². The van der Waals surface area contributed by atoms with Gasteiger partial charge in [0.15, 0.2) is 11.6 Å². The van der Waals surface area contributed by atoms with Crippen molar-refractivity contribution in [3.8, 4) is 28.4 Å². The zero-order valence-corrected chi connectivity index (χ0v) is 42.0. The van der Waals surface area contributed by atoms with Crippen molar-refractivity contribution in [3.63, 3.8) is 0 Å². The molecule has 3 N–H and O–H groups in total. The molecule has 3 aromatic rings. The summed E-state index contributed by atoms with van der Waals surface area (Å²) in [6.45, 7) is 19.3. The number of amides is 2. The van der Waals surface area contributed by atoms with Gasteiger partial charge in [-0.15, -0.1) is 0 Å². The largest absolute Gasteiger partial charge is 0.544 e. The van der Waals surface area contributed by atoms with Gasteiger partial charge in [-0.2, -0.15) is 0 Å². The Morgan fingerprint density at radius 1 is 0.731 bits per heavy atom. The molecular formula is C53H73FN4O8Si. The van der Waals surface area contributed by atoms with Crippen LogP contribution in [0.15, 0.2) is 89.9 Å². The summed E-state index contributed by atoms with van der Waals surface area (Å²) < 4.78 is 45.4. The predicted molar refractivity (Wildman–Crippen MR) is 266 cm³/mol. The second kappa shape index (κ2) is 25.1.